The van der Waals surface area contributed by atoms with Crippen molar-refractivity contribution in [1.29, 1.82) is 5.26 Å². The number of para-hydroxylation sites is 1. The SMILES string of the molecule is N#CCC(=O)c1nn(-c2ccc(F)cc2)c2c1COc1ccccc1-2. The Balaban J connectivity index is 1.97. The summed E-state index contributed by atoms with van der Waals surface area (Å²) in [6, 6.07) is 15.2. The number of aromatic nitrogens is 2. The summed E-state index contributed by atoms with van der Waals surface area (Å²) in [4.78, 5) is 12.3. The molecule has 6 heteroatoms. The smallest absolute Gasteiger partial charge is 0.197 e. The van der Waals surface area contributed by atoms with Gasteiger partial charge in [0.05, 0.1) is 17.5 Å². The highest BCUT2D eigenvalue weighted by atomic mass is 19.1. The number of ketones is 1. The van der Waals surface area contributed by atoms with Crippen LogP contribution in [0.5, 0.6) is 5.75 Å². The molecule has 0 spiro atoms. The van der Waals surface area contributed by atoms with Crippen LogP contribution in [0.3, 0.4) is 0 Å². The molecule has 25 heavy (non-hydrogen) atoms. The minimum absolute atomic E-state index is 0.194. The molecule has 0 saturated carbocycles. The highest BCUT2D eigenvalue weighted by Crippen LogP contribution is 2.40. The highest BCUT2D eigenvalue weighted by molar-refractivity contribution is 5.99. The van der Waals surface area contributed by atoms with Crippen molar-refractivity contribution in [3.05, 3.63) is 65.6 Å². The topological polar surface area (TPSA) is 67.9 Å². The normalized spacial score (nSPS) is 11.8. The van der Waals surface area contributed by atoms with Gasteiger partial charge in [0.25, 0.3) is 0 Å². The van der Waals surface area contributed by atoms with Crippen LogP contribution in [-0.2, 0) is 6.61 Å². The number of fused-ring (bicyclic) bond motifs is 3. The molecule has 0 radical (unpaired) electrons. The second-order valence-corrected chi connectivity index (χ2v) is 5.61. The van der Waals surface area contributed by atoms with Crippen molar-refractivity contribution in [3.63, 3.8) is 0 Å². The van der Waals surface area contributed by atoms with Crippen LogP contribution in [0, 0.1) is 17.1 Å². The van der Waals surface area contributed by atoms with Crippen molar-refractivity contribution in [1.82, 2.24) is 9.78 Å². The first-order chi connectivity index (χ1) is 12.2. The van der Waals surface area contributed by atoms with Crippen LogP contribution in [0.15, 0.2) is 48.5 Å². The molecule has 2 heterocycles. The maximum Gasteiger partial charge on any atom is 0.197 e. The van der Waals surface area contributed by atoms with E-state index in [1.165, 1.54) is 12.1 Å². The largest absolute Gasteiger partial charge is 0.488 e. The minimum Gasteiger partial charge on any atom is -0.488 e. The molecule has 1 aliphatic heterocycles. The summed E-state index contributed by atoms with van der Waals surface area (Å²) < 4.78 is 20.6. The van der Waals surface area contributed by atoms with Gasteiger partial charge in [0.1, 0.15) is 30.3 Å². The number of hydrogen-bond donors (Lipinski definition) is 0. The first-order valence-corrected chi connectivity index (χ1v) is 7.69. The van der Waals surface area contributed by atoms with E-state index in [9.17, 15) is 9.18 Å². The first kappa shape index (κ1) is 15.1. The quantitative estimate of drug-likeness (QED) is 0.686. The summed E-state index contributed by atoms with van der Waals surface area (Å²) in [6.45, 7) is 0.194. The van der Waals surface area contributed by atoms with E-state index >= 15 is 0 Å². The lowest BCUT2D eigenvalue weighted by Crippen LogP contribution is -2.09. The van der Waals surface area contributed by atoms with Crippen LogP contribution in [-0.4, -0.2) is 15.6 Å². The fourth-order valence-corrected chi connectivity index (χ4v) is 2.95. The summed E-state index contributed by atoms with van der Waals surface area (Å²) in [7, 11) is 0. The van der Waals surface area contributed by atoms with E-state index in [0.29, 0.717) is 17.0 Å². The standard InChI is InChI=1S/C19H12FN3O2/c20-12-5-7-13(8-6-12)23-19-14-3-1-2-4-17(14)25-11-15(19)18(22-23)16(24)9-10-21/h1-8H,9,11H2. The van der Waals surface area contributed by atoms with Crippen LogP contribution < -0.4 is 4.74 Å². The Kier molecular flexibility index (Phi) is 3.55. The van der Waals surface area contributed by atoms with Crippen molar-refractivity contribution >= 4 is 5.78 Å². The van der Waals surface area contributed by atoms with Gasteiger partial charge in [-0.15, -0.1) is 0 Å². The molecule has 0 saturated heterocycles. The molecule has 4 rings (SSSR count). The third kappa shape index (κ3) is 2.46. The molecule has 0 amide bonds. The number of carbonyl (C=O) groups excluding carboxylic acids is 1. The van der Waals surface area contributed by atoms with Gasteiger partial charge in [-0.25, -0.2) is 9.07 Å². The lowest BCUT2D eigenvalue weighted by atomic mass is 10.0. The summed E-state index contributed by atoms with van der Waals surface area (Å²) in [5, 5.41) is 13.3. The number of halogens is 1. The average Bonchev–Trinajstić information content (AvgIpc) is 3.03. The van der Waals surface area contributed by atoms with Gasteiger partial charge in [0.15, 0.2) is 5.78 Å². The molecule has 0 N–H and O–H groups in total. The Morgan fingerprint density at radius 3 is 2.76 bits per heavy atom. The van der Waals surface area contributed by atoms with Crippen LogP contribution in [0.4, 0.5) is 4.39 Å². The molecule has 1 aliphatic rings. The Labute approximate surface area is 142 Å². The van der Waals surface area contributed by atoms with Crippen molar-refractivity contribution in [2.75, 3.05) is 0 Å². The maximum absolute atomic E-state index is 13.3. The zero-order valence-electron chi connectivity index (χ0n) is 13.1. The molecule has 0 fully saturated rings. The molecule has 0 bridgehead atoms. The Bertz CT molecular complexity index is 1020. The lowest BCUT2D eigenvalue weighted by Gasteiger charge is -2.19. The Morgan fingerprint density at radius 2 is 2.00 bits per heavy atom. The molecule has 122 valence electrons. The molecular weight excluding hydrogens is 321 g/mol. The number of rotatable bonds is 3. The summed E-state index contributed by atoms with van der Waals surface area (Å²) in [5.74, 6) is -0.0191. The van der Waals surface area contributed by atoms with Gasteiger partial charge in [-0.3, -0.25) is 4.79 Å². The zero-order valence-corrected chi connectivity index (χ0v) is 13.1. The molecule has 3 aromatic rings. The summed E-state index contributed by atoms with van der Waals surface area (Å²) >= 11 is 0. The van der Waals surface area contributed by atoms with Crippen LogP contribution in [0.1, 0.15) is 22.5 Å². The number of ether oxygens (including phenoxy) is 1. The van der Waals surface area contributed by atoms with Crippen molar-refractivity contribution < 1.29 is 13.9 Å². The average molecular weight is 333 g/mol. The van der Waals surface area contributed by atoms with Crippen molar-refractivity contribution in [3.8, 4) is 28.8 Å². The zero-order chi connectivity index (χ0) is 17.4. The second kappa shape index (κ2) is 5.87. The number of nitrogens with zero attached hydrogens (tertiary/aromatic N) is 3. The van der Waals surface area contributed by atoms with E-state index in [1.807, 2.05) is 30.3 Å². The Hall–Kier alpha value is -3.46. The van der Waals surface area contributed by atoms with E-state index in [2.05, 4.69) is 5.10 Å². The van der Waals surface area contributed by atoms with Gasteiger partial charge >= 0.3 is 0 Å². The monoisotopic (exact) mass is 333 g/mol. The van der Waals surface area contributed by atoms with Gasteiger partial charge in [-0.1, -0.05) is 12.1 Å². The van der Waals surface area contributed by atoms with Gasteiger partial charge in [-0.05, 0) is 36.4 Å². The molecule has 1 aromatic heterocycles. The first-order valence-electron chi connectivity index (χ1n) is 7.69. The minimum atomic E-state index is -0.359. The van der Waals surface area contributed by atoms with E-state index in [1.54, 1.807) is 16.8 Å². The third-order valence-electron chi connectivity index (χ3n) is 4.07. The number of hydrogen-bond acceptors (Lipinski definition) is 4. The Morgan fingerprint density at radius 1 is 1.24 bits per heavy atom. The van der Waals surface area contributed by atoms with Crippen molar-refractivity contribution in [2.45, 2.75) is 13.0 Å². The number of carbonyl (C=O) groups is 1. The lowest BCUT2D eigenvalue weighted by molar-refractivity contribution is 0.0990. The number of Topliss-reactive ketones (excluding diaryl/α,β-unsaturated/α-hetero) is 1. The fraction of sp³-hybridized carbons (Fsp3) is 0.105. The van der Waals surface area contributed by atoms with E-state index in [-0.39, 0.29) is 30.3 Å². The summed E-state index contributed by atoms with van der Waals surface area (Å²) in [5.41, 5.74) is 3.02. The van der Waals surface area contributed by atoms with Crippen LogP contribution >= 0.6 is 0 Å². The van der Waals surface area contributed by atoms with Crippen LogP contribution in [0.2, 0.25) is 0 Å². The maximum atomic E-state index is 13.3. The second-order valence-electron chi connectivity index (χ2n) is 5.61. The number of benzene rings is 2. The van der Waals surface area contributed by atoms with E-state index in [4.69, 9.17) is 10.00 Å². The fourth-order valence-electron chi connectivity index (χ4n) is 2.95. The van der Waals surface area contributed by atoms with Crippen LogP contribution in [0.25, 0.3) is 16.9 Å². The molecular formula is C19H12FN3O2. The predicted octanol–water partition coefficient (Wildman–Crippen LogP) is 3.67. The van der Waals surface area contributed by atoms with E-state index in [0.717, 1.165) is 11.3 Å². The molecule has 0 atom stereocenters. The van der Waals surface area contributed by atoms with Gasteiger partial charge in [0, 0.05) is 11.1 Å². The molecule has 5 nitrogen and oxygen atoms in total. The molecule has 2 aromatic carbocycles. The third-order valence-corrected chi connectivity index (χ3v) is 4.07. The van der Waals surface area contributed by atoms with Crippen molar-refractivity contribution in [2.24, 2.45) is 0 Å². The van der Waals surface area contributed by atoms with E-state index < -0.39 is 0 Å². The number of nitriles is 1. The van der Waals surface area contributed by atoms with Gasteiger partial charge < -0.3 is 4.74 Å². The summed E-state index contributed by atoms with van der Waals surface area (Å²) in [6.07, 6.45) is -0.255. The predicted molar refractivity (Wildman–Crippen MR) is 87.9 cm³/mol. The van der Waals surface area contributed by atoms with Gasteiger partial charge in [0.2, 0.25) is 0 Å². The molecule has 0 aliphatic carbocycles. The van der Waals surface area contributed by atoms with Gasteiger partial charge in [-0.2, -0.15) is 10.4 Å². The highest BCUT2D eigenvalue weighted by Gasteiger charge is 2.29. The molecule has 0 unspecified atom stereocenters.